The highest BCUT2D eigenvalue weighted by Gasteiger charge is 2.30. The van der Waals surface area contributed by atoms with Crippen LogP contribution in [0.4, 0.5) is 17.6 Å². The van der Waals surface area contributed by atoms with E-state index in [1.165, 1.54) is 29.8 Å². The van der Waals surface area contributed by atoms with E-state index in [0.29, 0.717) is 51.2 Å². The molecule has 0 saturated carbocycles. The van der Waals surface area contributed by atoms with Gasteiger partial charge in [0.1, 0.15) is 18.0 Å². The van der Waals surface area contributed by atoms with Gasteiger partial charge >= 0.3 is 6.18 Å². The largest absolute Gasteiger partial charge is 0.416 e. The lowest BCUT2D eigenvalue weighted by Crippen LogP contribution is -2.05. The summed E-state index contributed by atoms with van der Waals surface area (Å²) in [6.07, 6.45) is -2.27. The predicted octanol–water partition coefficient (Wildman–Crippen LogP) is 5.37. The van der Waals surface area contributed by atoms with Crippen molar-refractivity contribution < 1.29 is 17.6 Å². The van der Waals surface area contributed by atoms with Crippen LogP contribution in [0.3, 0.4) is 0 Å². The first-order valence-electron chi connectivity index (χ1n) is 9.52. The summed E-state index contributed by atoms with van der Waals surface area (Å²) in [7, 11) is 0. The minimum Gasteiger partial charge on any atom is -0.257 e. The third-order valence-corrected chi connectivity index (χ3v) is 6.47. The van der Waals surface area contributed by atoms with Gasteiger partial charge in [0.2, 0.25) is 5.82 Å². The minimum atomic E-state index is -4.42. The molecule has 7 nitrogen and oxygen atoms in total. The monoisotopic (exact) mass is 537 g/mol. The zero-order valence-electron chi connectivity index (χ0n) is 16.4. The number of fused-ring (bicyclic) bond motifs is 1. The van der Waals surface area contributed by atoms with Gasteiger partial charge in [-0.1, -0.05) is 0 Å². The van der Waals surface area contributed by atoms with E-state index in [0.717, 1.165) is 12.1 Å². The molecule has 5 aromatic rings. The maximum Gasteiger partial charge on any atom is 0.416 e. The molecule has 0 aliphatic carbocycles. The summed E-state index contributed by atoms with van der Waals surface area (Å²) >= 11 is 4.50. The number of halogens is 5. The van der Waals surface area contributed by atoms with Crippen molar-refractivity contribution in [3.63, 3.8) is 0 Å². The molecule has 33 heavy (non-hydrogen) atoms. The first-order valence-corrected chi connectivity index (χ1v) is 11.1. The van der Waals surface area contributed by atoms with Crippen molar-refractivity contribution in [2.45, 2.75) is 19.0 Å². The quantitative estimate of drug-likeness (QED) is 0.305. The molecule has 1 N–H and O–H groups in total. The number of hydrogen-bond acceptors (Lipinski definition) is 6. The highest BCUT2D eigenvalue weighted by molar-refractivity contribution is 9.10. The molecule has 0 unspecified atom stereocenters. The first kappa shape index (κ1) is 21.6. The second-order valence-electron chi connectivity index (χ2n) is 6.98. The highest BCUT2D eigenvalue weighted by Crippen LogP contribution is 2.33. The standard InChI is InChI=1S/C20H12BrF4N7S/c21-12-8-11(2-3-13(12)22)32-16(29-19(31-32)18-26-9-27-30-18)5-6-17-28-14-7-10(20(23,24)25)1-4-15(14)33-17/h1-4,7-9H,5-6H2,(H,26,27,30). The molecule has 5 rings (SSSR count). The molecule has 0 amide bonds. The lowest BCUT2D eigenvalue weighted by Gasteiger charge is -2.06. The van der Waals surface area contributed by atoms with Crippen LogP contribution in [0.2, 0.25) is 0 Å². The van der Waals surface area contributed by atoms with Gasteiger partial charge in [-0.05, 0) is 52.3 Å². The Kier molecular flexibility index (Phi) is 5.44. The van der Waals surface area contributed by atoms with Gasteiger partial charge in [-0.3, -0.25) is 5.10 Å². The van der Waals surface area contributed by atoms with Gasteiger partial charge < -0.3 is 0 Å². The zero-order chi connectivity index (χ0) is 23.2. The van der Waals surface area contributed by atoms with Crippen LogP contribution in [0, 0.1) is 5.82 Å². The molecule has 3 heterocycles. The van der Waals surface area contributed by atoms with Crippen LogP contribution in [-0.4, -0.2) is 34.9 Å². The number of rotatable bonds is 5. The van der Waals surface area contributed by atoms with Gasteiger partial charge in [0.25, 0.3) is 0 Å². The number of hydrogen-bond donors (Lipinski definition) is 1. The number of benzene rings is 2. The normalized spacial score (nSPS) is 12.0. The van der Waals surface area contributed by atoms with Crippen molar-refractivity contribution in [1.82, 2.24) is 34.9 Å². The highest BCUT2D eigenvalue weighted by atomic mass is 79.9. The fourth-order valence-corrected chi connectivity index (χ4v) is 4.53. The van der Waals surface area contributed by atoms with Gasteiger partial charge in [0.05, 0.1) is 30.9 Å². The Morgan fingerprint density at radius 3 is 2.64 bits per heavy atom. The van der Waals surface area contributed by atoms with Gasteiger partial charge in [-0.15, -0.1) is 16.4 Å². The number of aromatic nitrogens is 7. The fourth-order valence-electron chi connectivity index (χ4n) is 3.22. The Balaban J connectivity index is 1.46. The third-order valence-electron chi connectivity index (χ3n) is 4.77. The maximum absolute atomic E-state index is 13.7. The van der Waals surface area contributed by atoms with E-state index < -0.39 is 17.6 Å². The Bertz CT molecular complexity index is 1440. The van der Waals surface area contributed by atoms with E-state index in [-0.39, 0.29) is 4.47 Å². The van der Waals surface area contributed by atoms with E-state index in [9.17, 15) is 17.6 Å². The third kappa shape index (κ3) is 4.37. The van der Waals surface area contributed by atoms with Crippen molar-refractivity contribution in [1.29, 1.82) is 0 Å². The van der Waals surface area contributed by atoms with E-state index in [1.54, 1.807) is 16.8 Å². The SMILES string of the molecule is Fc1ccc(-n2nc(-c3ncn[nH]3)nc2CCc2nc3cc(C(F)(F)F)ccc3s2)cc1Br. The van der Waals surface area contributed by atoms with Crippen molar-refractivity contribution in [3.8, 4) is 17.3 Å². The van der Waals surface area contributed by atoms with E-state index >= 15 is 0 Å². The maximum atomic E-state index is 13.7. The number of alkyl halides is 3. The Hall–Kier alpha value is -3.19. The van der Waals surface area contributed by atoms with Crippen LogP contribution in [-0.2, 0) is 19.0 Å². The molecule has 0 fully saturated rings. The number of aryl methyl sites for hydroxylation is 2. The van der Waals surface area contributed by atoms with Crippen molar-refractivity contribution >= 4 is 37.5 Å². The number of nitrogens with one attached hydrogen (secondary N) is 1. The number of H-pyrrole nitrogens is 1. The molecular weight excluding hydrogens is 526 g/mol. The summed E-state index contributed by atoms with van der Waals surface area (Å²) in [6.45, 7) is 0. The molecule has 0 aliphatic rings. The molecule has 2 aromatic carbocycles. The van der Waals surface area contributed by atoms with Crippen LogP contribution >= 0.6 is 27.3 Å². The molecule has 0 aliphatic heterocycles. The molecule has 0 bridgehead atoms. The minimum absolute atomic E-state index is 0.273. The summed E-state index contributed by atoms with van der Waals surface area (Å²) in [5.74, 6) is 0.816. The molecule has 13 heteroatoms. The molecule has 168 valence electrons. The molecule has 0 saturated heterocycles. The van der Waals surface area contributed by atoms with Crippen LogP contribution in [0.5, 0.6) is 0 Å². The van der Waals surface area contributed by atoms with E-state index in [4.69, 9.17) is 0 Å². The van der Waals surface area contributed by atoms with Crippen LogP contribution in [0.25, 0.3) is 27.6 Å². The Labute approximate surface area is 195 Å². The average Bonchev–Trinajstić information content (AvgIpc) is 3.51. The summed E-state index contributed by atoms with van der Waals surface area (Å²) in [4.78, 5) is 13.0. The van der Waals surface area contributed by atoms with Gasteiger partial charge in [0.15, 0.2) is 5.82 Å². The summed E-state index contributed by atoms with van der Waals surface area (Å²) in [5, 5.41) is 11.7. The molecule has 0 spiro atoms. The van der Waals surface area contributed by atoms with E-state index in [2.05, 4.69) is 46.2 Å². The molecule has 3 aromatic heterocycles. The topological polar surface area (TPSA) is 85.2 Å². The van der Waals surface area contributed by atoms with Crippen molar-refractivity contribution in [3.05, 3.63) is 69.4 Å². The molecule has 0 atom stereocenters. The van der Waals surface area contributed by atoms with Gasteiger partial charge in [0, 0.05) is 12.8 Å². The second-order valence-corrected chi connectivity index (χ2v) is 8.95. The van der Waals surface area contributed by atoms with E-state index in [1.807, 2.05) is 0 Å². The predicted molar refractivity (Wildman–Crippen MR) is 116 cm³/mol. The Morgan fingerprint density at radius 1 is 1.06 bits per heavy atom. The average molecular weight is 538 g/mol. The lowest BCUT2D eigenvalue weighted by atomic mass is 10.2. The summed E-state index contributed by atoms with van der Waals surface area (Å²) < 4.78 is 55.2. The number of aromatic amines is 1. The second kappa shape index (κ2) is 8.30. The molecule has 0 radical (unpaired) electrons. The number of nitrogens with zero attached hydrogens (tertiary/aromatic N) is 6. The number of thiazole rings is 1. The fraction of sp³-hybridized carbons (Fsp3) is 0.150. The van der Waals surface area contributed by atoms with Crippen molar-refractivity contribution in [2.24, 2.45) is 0 Å². The van der Waals surface area contributed by atoms with Crippen LogP contribution in [0.15, 0.2) is 47.2 Å². The van der Waals surface area contributed by atoms with Crippen LogP contribution < -0.4 is 0 Å². The zero-order valence-corrected chi connectivity index (χ0v) is 18.8. The van der Waals surface area contributed by atoms with Crippen LogP contribution in [0.1, 0.15) is 16.4 Å². The molecular formula is C20H12BrF4N7S. The summed E-state index contributed by atoms with van der Waals surface area (Å²) in [6, 6.07) is 7.99. The Morgan fingerprint density at radius 2 is 1.91 bits per heavy atom. The summed E-state index contributed by atoms with van der Waals surface area (Å²) in [5.41, 5.74) is 0.150. The lowest BCUT2D eigenvalue weighted by molar-refractivity contribution is -0.137. The van der Waals surface area contributed by atoms with Gasteiger partial charge in [-0.2, -0.15) is 18.3 Å². The van der Waals surface area contributed by atoms with Crippen molar-refractivity contribution in [2.75, 3.05) is 0 Å². The smallest absolute Gasteiger partial charge is 0.257 e. The van der Waals surface area contributed by atoms with Gasteiger partial charge in [-0.25, -0.2) is 24.0 Å². The first-order chi connectivity index (χ1) is 15.8.